The molecule has 0 aliphatic heterocycles. The van der Waals surface area contributed by atoms with E-state index in [4.69, 9.17) is 10.9 Å². The molecule has 0 atom stereocenters. The summed E-state index contributed by atoms with van der Waals surface area (Å²) in [7, 11) is -3.71. The molecule has 0 unspecified atom stereocenters. The number of nitrogen functional groups attached to an aromatic ring is 1. The Bertz CT molecular complexity index is 521. The minimum atomic E-state index is -3.71. The van der Waals surface area contributed by atoms with Gasteiger partial charge in [-0.05, 0) is 37.5 Å². The number of nitrogens with two attached hydrogens (primary N) is 2. The molecule has 5 N–H and O–H groups in total. The molecule has 6 heteroatoms. The molecule has 5 nitrogen and oxygen atoms in total. The molecule has 88 valence electrons. The third-order valence-electron chi connectivity index (χ3n) is 2.63. The van der Waals surface area contributed by atoms with E-state index in [0.29, 0.717) is 17.3 Å². The fourth-order valence-electron chi connectivity index (χ4n) is 1.60. The molecule has 0 aromatic heterocycles. The molecule has 0 spiro atoms. The summed E-state index contributed by atoms with van der Waals surface area (Å²) in [4.78, 5) is 0.0932. The van der Waals surface area contributed by atoms with Crippen molar-refractivity contribution in [1.29, 1.82) is 0 Å². The van der Waals surface area contributed by atoms with Gasteiger partial charge in [-0.15, -0.1) is 0 Å². The summed E-state index contributed by atoms with van der Waals surface area (Å²) >= 11 is 0. The highest BCUT2D eigenvalue weighted by molar-refractivity contribution is 7.89. The second-order valence-electron chi connectivity index (χ2n) is 4.16. The van der Waals surface area contributed by atoms with Crippen LogP contribution < -0.4 is 16.2 Å². The van der Waals surface area contributed by atoms with Gasteiger partial charge in [-0.25, -0.2) is 13.6 Å². The maximum atomic E-state index is 11.4. The van der Waals surface area contributed by atoms with Gasteiger partial charge >= 0.3 is 0 Å². The van der Waals surface area contributed by atoms with Crippen molar-refractivity contribution in [3.63, 3.8) is 0 Å². The Hall–Kier alpha value is -1.27. The molecule has 1 aromatic carbocycles. The Morgan fingerprint density at radius 1 is 1.38 bits per heavy atom. The largest absolute Gasteiger partial charge is 0.399 e. The van der Waals surface area contributed by atoms with Gasteiger partial charge in [0.1, 0.15) is 0 Å². The van der Waals surface area contributed by atoms with Gasteiger partial charge in [0.15, 0.2) is 0 Å². The Kier molecular flexibility index (Phi) is 2.55. The van der Waals surface area contributed by atoms with E-state index in [2.05, 4.69) is 5.32 Å². The molecule has 0 saturated heterocycles. The molecule has 1 saturated carbocycles. The molecule has 2 rings (SSSR count). The molecule has 0 bridgehead atoms. The Morgan fingerprint density at radius 2 is 2.00 bits per heavy atom. The summed E-state index contributed by atoms with van der Waals surface area (Å²) in [5, 5.41) is 8.37. The zero-order valence-corrected chi connectivity index (χ0v) is 9.84. The van der Waals surface area contributed by atoms with Crippen molar-refractivity contribution in [3.05, 3.63) is 17.7 Å². The zero-order chi connectivity index (χ0) is 11.9. The maximum absolute atomic E-state index is 11.4. The fraction of sp³-hybridized carbons (Fsp3) is 0.400. The first kappa shape index (κ1) is 11.2. The van der Waals surface area contributed by atoms with Crippen molar-refractivity contribution >= 4 is 21.4 Å². The van der Waals surface area contributed by atoms with Crippen LogP contribution in [0.25, 0.3) is 0 Å². The number of primary sulfonamides is 1. The van der Waals surface area contributed by atoms with Crippen LogP contribution in [0.4, 0.5) is 11.4 Å². The molecule has 1 aromatic rings. The van der Waals surface area contributed by atoms with E-state index in [9.17, 15) is 8.42 Å². The van der Waals surface area contributed by atoms with Gasteiger partial charge in [0.2, 0.25) is 10.0 Å². The average molecular weight is 241 g/mol. The van der Waals surface area contributed by atoms with E-state index >= 15 is 0 Å². The molecule has 16 heavy (non-hydrogen) atoms. The van der Waals surface area contributed by atoms with Crippen molar-refractivity contribution in [1.82, 2.24) is 0 Å². The molecule has 0 radical (unpaired) electrons. The third-order valence-corrected chi connectivity index (χ3v) is 3.66. The summed E-state index contributed by atoms with van der Waals surface area (Å²) in [6.07, 6.45) is 2.22. The number of nitrogens with one attached hydrogen (secondary N) is 1. The lowest BCUT2D eigenvalue weighted by molar-refractivity contribution is 0.597. The molecular formula is C10H15N3O2S. The molecule has 0 amide bonds. The van der Waals surface area contributed by atoms with Crippen LogP contribution in [0.2, 0.25) is 0 Å². The van der Waals surface area contributed by atoms with E-state index in [-0.39, 0.29) is 4.90 Å². The van der Waals surface area contributed by atoms with E-state index in [1.165, 1.54) is 6.07 Å². The average Bonchev–Trinajstić information content (AvgIpc) is 2.92. The highest BCUT2D eigenvalue weighted by Crippen LogP contribution is 2.31. The minimum Gasteiger partial charge on any atom is -0.399 e. The highest BCUT2D eigenvalue weighted by atomic mass is 32.2. The lowest BCUT2D eigenvalue weighted by Crippen LogP contribution is -2.15. The van der Waals surface area contributed by atoms with Crippen LogP contribution in [-0.2, 0) is 10.0 Å². The van der Waals surface area contributed by atoms with Crippen molar-refractivity contribution in [2.45, 2.75) is 30.7 Å². The van der Waals surface area contributed by atoms with Gasteiger partial charge in [-0.1, -0.05) is 0 Å². The van der Waals surface area contributed by atoms with Crippen molar-refractivity contribution in [3.8, 4) is 0 Å². The first-order valence-corrected chi connectivity index (χ1v) is 6.62. The maximum Gasteiger partial charge on any atom is 0.238 e. The van der Waals surface area contributed by atoms with Gasteiger partial charge < -0.3 is 11.1 Å². The smallest absolute Gasteiger partial charge is 0.238 e. The summed E-state index contributed by atoms with van der Waals surface area (Å²) in [6.45, 7) is 1.73. The summed E-state index contributed by atoms with van der Waals surface area (Å²) in [6, 6.07) is 3.57. The topological polar surface area (TPSA) is 98.2 Å². The Morgan fingerprint density at radius 3 is 2.50 bits per heavy atom. The summed E-state index contributed by atoms with van der Waals surface area (Å²) in [5.41, 5.74) is 7.45. The lowest BCUT2D eigenvalue weighted by Gasteiger charge is -2.13. The Labute approximate surface area is 94.9 Å². The van der Waals surface area contributed by atoms with Crippen LogP contribution >= 0.6 is 0 Å². The predicted molar refractivity (Wildman–Crippen MR) is 63.6 cm³/mol. The van der Waals surface area contributed by atoms with Crippen LogP contribution in [0.1, 0.15) is 18.4 Å². The molecule has 1 aliphatic rings. The van der Waals surface area contributed by atoms with E-state index in [1.807, 2.05) is 0 Å². The standard InChI is InChI=1S/C10H15N3O2S/c1-6-9(13-8-2-3-8)4-7(11)5-10(6)16(12,14)15/h4-5,8,13H,2-3,11H2,1H3,(H2,12,14,15). The van der Waals surface area contributed by atoms with Crippen molar-refractivity contribution in [2.75, 3.05) is 11.1 Å². The zero-order valence-electron chi connectivity index (χ0n) is 9.03. The van der Waals surface area contributed by atoms with Crippen LogP contribution in [0, 0.1) is 6.92 Å². The number of hydrogen-bond acceptors (Lipinski definition) is 4. The van der Waals surface area contributed by atoms with Crippen LogP contribution in [0.5, 0.6) is 0 Å². The Balaban J connectivity index is 2.49. The van der Waals surface area contributed by atoms with Crippen LogP contribution in [-0.4, -0.2) is 14.5 Å². The SMILES string of the molecule is Cc1c(NC2CC2)cc(N)cc1S(N)(=O)=O. The van der Waals surface area contributed by atoms with Crippen molar-refractivity contribution < 1.29 is 8.42 Å². The minimum absolute atomic E-state index is 0.0932. The van der Waals surface area contributed by atoms with Gasteiger partial charge in [0.25, 0.3) is 0 Å². The molecule has 1 aliphatic carbocycles. The van der Waals surface area contributed by atoms with Crippen LogP contribution in [0.3, 0.4) is 0 Å². The number of sulfonamides is 1. The molecule has 0 heterocycles. The van der Waals surface area contributed by atoms with E-state index in [1.54, 1.807) is 13.0 Å². The number of benzene rings is 1. The number of hydrogen-bond donors (Lipinski definition) is 3. The van der Waals surface area contributed by atoms with E-state index < -0.39 is 10.0 Å². The highest BCUT2D eigenvalue weighted by Gasteiger charge is 2.23. The first-order valence-electron chi connectivity index (χ1n) is 5.07. The van der Waals surface area contributed by atoms with E-state index in [0.717, 1.165) is 18.5 Å². The second-order valence-corrected chi connectivity index (χ2v) is 5.69. The molecular weight excluding hydrogens is 226 g/mol. The van der Waals surface area contributed by atoms with Gasteiger partial charge in [-0.2, -0.15) is 0 Å². The summed E-state index contributed by atoms with van der Waals surface area (Å²) in [5.74, 6) is 0. The van der Waals surface area contributed by atoms with Gasteiger partial charge in [0, 0.05) is 17.4 Å². The fourth-order valence-corrected chi connectivity index (χ4v) is 2.44. The van der Waals surface area contributed by atoms with Crippen molar-refractivity contribution in [2.24, 2.45) is 5.14 Å². The summed E-state index contributed by atoms with van der Waals surface area (Å²) < 4.78 is 22.7. The number of anilines is 2. The predicted octanol–water partition coefficient (Wildman–Crippen LogP) is 0.799. The van der Waals surface area contributed by atoms with Gasteiger partial charge in [-0.3, -0.25) is 0 Å². The van der Waals surface area contributed by atoms with Gasteiger partial charge in [0.05, 0.1) is 4.90 Å². The first-order chi connectivity index (χ1) is 7.38. The second kappa shape index (κ2) is 3.64. The molecule has 1 fully saturated rings. The normalized spacial score (nSPS) is 16.1. The monoisotopic (exact) mass is 241 g/mol. The number of rotatable bonds is 3. The third kappa shape index (κ3) is 2.28. The van der Waals surface area contributed by atoms with Crippen LogP contribution in [0.15, 0.2) is 17.0 Å². The quantitative estimate of drug-likeness (QED) is 0.682. The lowest BCUT2D eigenvalue weighted by atomic mass is 10.2.